The van der Waals surface area contributed by atoms with Crippen molar-refractivity contribution < 1.29 is 4.21 Å². The standard InChI is InChI=1S/C22H23NOS/c1-18-12-15-21(16-13-18)25(24)23-22(20-10-6-3-7-11-20)17-14-19-8-4-2-5-9-19/h3,6-8,10-13,15-16,22-23H,2,4-5,9H2,1H3/t22-,25-/m0/s1. The number of benzene rings is 2. The average molecular weight is 349 g/mol. The Bertz CT molecular complexity index is 813. The molecule has 1 aliphatic carbocycles. The highest BCUT2D eigenvalue weighted by Crippen LogP contribution is 2.19. The van der Waals surface area contributed by atoms with Crippen LogP contribution in [-0.4, -0.2) is 4.21 Å². The zero-order chi connectivity index (χ0) is 17.5. The van der Waals surface area contributed by atoms with Gasteiger partial charge >= 0.3 is 0 Å². The van der Waals surface area contributed by atoms with E-state index in [0.717, 1.165) is 28.9 Å². The zero-order valence-electron chi connectivity index (χ0n) is 14.5. The van der Waals surface area contributed by atoms with E-state index in [2.05, 4.69) is 22.6 Å². The highest BCUT2D eigenvalue weighted by Gasteiger charge is 2.13. The van der Waals surface area contributed by atoms with Crippen molar-refractivity contribution in [3.63, 3.8) is 0 Å². The molecular formula is C22H23NOS. The third-order valence-electron chi connectivity index (χ3n) is 4.26. The summed E-state index contributed by atoms with van der Waals surface area (Å²) in [5.74, 6) is 6.60. The lowest BCUT2D eigenvalue weighted by molar-refractivity contribution is 0.665. The fourth-order valence-corrected chi connectivity index (χ4v) is 3.71. The van der Waals surface area contributed by atoms with Gasteiger partial charge in [0.2, 0.25) is 0 Å². The van der Waals surface area contributed by atoms with Crippen molar-refractivity contribution in [2.75, 3.05) is 0 Å². The zero-order valence-corrected chi connectivity index (χ0v) is 15.3. The van der Waals surface area contributed by atoms with Gasteiger partial charge in [-0.15, -0.1) is 0 Å². The molecule has 0 saturated heterocycles. The molecule has 25 heavy (non-hydrogen) atoms. The summed E-state index contributed by atoms with van der Waals surface area (Å²) in [6.07, 6.45) is 6.86. The maximum Gasteiger partial charge on any atom is 0.126 e. The largest absolute Gasteiger partial charge is 0.237 e. The van der Waals surface area contributed by atoms with Crippen molar-refractivity contribution in [3.8, 4) is 11.8 Å². The third-order valence-corrected chi connectivity index (χ3v) is 5.41. The molecule has 0 radical (unpaired) electrons. The van der Waals surface area contributed by atoms with Gasteiger partial charge in [0.05, 0.1) is 4.90 Å². The van der Waals surface area contributed by atoms with Crippen molar-refractivity contribution in [2.24, 2.45) is 0 Å². The topological polar surface area (TPSA) is 29.1 Å². The molecule has 0 heterocycles. The van der Waals surface area contributed by atoms with Crippen molar-refractivity contribution in [1.82, 2.24) is 4.72 Å². The molecule has 0 aromatic heterocycles. The van der Waals surface area contributed by atoms with E-state index in [1.165, 1.54) is 18.4 Å². The van der Waals surface area contributed by atoms with Crippen molar-refractivity contribution in [3.05, 3.63) is 77.4 Å². The first-order valence-corrected chi connectivity index (χ1v) is 9.87. The van der Waals surface area contributed by atoms with Crippen LogP contribution in [0.5, 0.6) is 0 Å². The summed E-state index contributed by atoms with van der Waals surface area (Å²) in [6, 6.07) is 17.5. The van der Waals surface area contributed by atoms with Gasteiger partial charge in [-0.25, -0.2) is 8.93 Å². The van der Waals surface area contributed by atoms with Crippen LogP contribution in [0.3, 0.4) is 0 Å². The Kier molecular flexibility index (Phi) is 6.22. The van der Waals surface area contributed by atoms with Crippen LogP contribution >= 0.6 is 0 Å². The first kappa shape index (κ1) is 17.7. The summed E-state index contributed by atoms with van der Waals surface area (Å²) in [5.41, 5.74) is 3.39. The molecule has 128 valence electrons. The molecule has 2 atom stereocenters. The van der Waals surface area contributed by atoms with Gasteiger partial charge in [-0.3, -0.25) is 0 Å². The molecule has 2 aromatic rings. The second kappa shape index (κ2) is 8.80. The Morgan fingerprint density at radius 2 is 1.80 bits per heavy atom. The minimum Gasteiger partial charge on any atom is -0.237 e. The molecule has 3 rings (SSSR count). The van der Waals surface area contributed by atoms with Gasteiger partial charge in [0, 0.05) is 0 Å². The van der Waals surface area contributed by atoms with Gasteiger partial charge < -0.3 is 0 Å². The van der Waals surface area contributed by atoms with E-state index < -0.39 is 11.0 Å². The van der Waals surface area contributed by atoms with Gasteiger partial charge in [-0.1, -0.05) is 65.9 Å². The minimum absolute atomic E-state index is 0.258. The smallest absolute Gasteiger partial charge is 0.126 e. The molecule has 0 fully saturated rings. The predicted molar refractivity (Wildman–Crippen MR) is 104 cm³/mol. The van der Waals surface area contributed by atoms with Gasteiger partial charge in [0.15, 0.2) is 0 Å². The number of nitrogens with one attached hydrogen (secondary N) is 1. The van der Waals surface area contributed by atoms with Crippen molar-refractivity contribution >= 4 is 11.0 Å². The summed E-state index contributed by atoms with van der Waals surface area (Å²) < 4.78 is 15.9. The monoisotopic (exact) mass is 349 g/mol. The molecule has 0 spiro atoms. The number of allylic oxidation sites excluding steroid dienone is 2. The molecule has 2 aromatic carbocycles. The van der Waals surface area contributed by atoms with E-state index >= 15 is 0 Å². The molecule has 0 aliphatic heterocycles. The molecule has 0 unspecified atom stereocenters. The first-order chi connectivity index (χ1) is 12.2. The Morgan fingerprint density at radius 1 is 1.04 bits per heavy atom. The van der Waals surface area contributed by atoms with Gasteiger partial charge in [-0.05, 0) is 55.9 Å². The van der Waals surface area contributed by atoms with Crippen LogP contribution < -0.4 is 4.72 Å². The highest BCUT2D eigenvalue weighted by molar-refractivity contribution is 7.83. The van der Waals surface area contributed by atoms with E-state index in [0.29, 0.717) is 0 Å². The summed E-state index contributed by atoms with van der Waals surface area (Å²) in [4.78, 5) is 0.769. The molecule has 2 nitrogen and oxygen atoms in total. The Balaban J connectivity index is 1.81. The lowest BCUT2D eigenvalue weighted by atomic mass is 9.99. The lowest BCUT2D eigenvalue weighted by Gasteiger charge is -2.14. The molecule has 0 bridgehead atoms. The number of rotatable bonds is 4. The summed E-state index contributed by atoms with van der Waals surface area (Å²) in [7, 11) is -1.30. The van der Waals surface area contributed by atoms with Crippen molar-refractivity contribution in [1.29, 1.82) is 0 Å². The molecule has 1 aliphatic rings. The van der Waals surface area contributed by atoms with Crippen LogP contribution in [0.4, 0.5) is 0 Å². The van der Waals surface area contributed by atoms with Gasteiger partial charge in [0.25, 0.3) is 0 Å². The maximum atomic E-state index is 12.7. The van der Waals surface area contributed by atoms with Crippen LogP contribution in [0.15, 0.2) is 71.1 Å². The highest BCUT2D eigenvalue weighted by atomic mass is 32.2. The summed E-state index contributed by atoms with van der Waals surface area (Å²) in [5, 5.41) is 0. The van der Waals surface area contributed by atoms with Crippen LogP contribution in [0.25, 0.3) is 0 Å². The first-order valence-electron chi connectivity index (χ1n) is 8.72. The molecular weight excluding hydrogens is 326 g/mol. The molecule has 0 amide bonds. The normalized spacial score (nSPS) is 16.3. The Labute approximate surface area is 153 Å². The predicted octanol–water partition coefficient (Wildman–Crippen LogP) is 4.85. The third kappa shape index (κ3) is 5.16. The summed E-state index contributed by atoms with van der Waals surface area (Å²) >= 11 is 0. The van der Waals surface area contributed by atoms with Gasteiger partial charge in [-0.2, -0.15) is 0 Å². The van der Waals surface area contributed by atoms with E-state index in [9.17, 15) is 4.21 Å². The summed E-state index contributed by atoms with van der Waals surface area (Å²) in [6.45, 7) is 2.02. The minimum atomic E-state index is -1.30. The lowest BCUT2D eigenvalue weighted by Crippen LogP contribution is -2.22. The number of hydrogen-bond donors (Lipinski definition) is 1. The number of hydrogen-bond acceptors (Lipinski definition) is 1. The molecule has 3 heteroatoms. The second-order valence-electron chi connectivity index (χ2n) is 6.29. The number of aryl methyl sites for hydroxylation is 1. The van der Waals surface area contributed by atoms with E-state index in [1.807, 2.05) is 61.5 Å². The fraction of sp³-hybridized carbons (Fsp3) is 0.273. The van der Waals surface area contributed by atoms with Crippen LogP contribution in [-0.2, 0) is 11.0 Å². The van der Waals surface area contributed by atoms with E-state index in [-0.39, 0.29) is 6.04 Å². The van der Waals surface area contributed by atoms with Gasteiger partial charge in [0.1, 0.15) is 17.0 Å². The van der Waals surface area contributed by atoms with Crippen LogP contribution in [0.2, 0.25) is 0 Å². The fourth-order valence-electron chi connectivity index (χ4n) is 2.78. The quantitative estimate of drug-likeness (QED) is 0.785. The SMILES string of the molecule is Cc1ccc([S@](=O)N[C@@H](C#CC2=CCCCC2)c2ccccc2)cc1. The van der Waals surface area contributed by atoms with Crippen molar-refractivity contribution in [2.45, 2.75) is 43.5 Å². The van der Waals surface area contributed by atoms with Crippen LogP contribution in [0.1, 0.15) is 42.9 Å². The maximum absolute atomic E-state index is 12.7. The average Bonchev–Trinajstić information content (AvgIpc) is 2.67. The Morgan fingerprint density at radius 3 is 2.48 bits per heavy atom. The van der Waals surface area contributed by atoms with E-state index in [1.54, 1.807) is 0 Å². The molecule has 0 saturated carbocycles. The second-order valence-corrected chi connectivity index (χ2v) is 7.53. The Hall–Kier alpha value is -2.15. The van der Waals surface area contributed by atoms with E-state index in [4.69, 9.17) is 0 Å². The molecule has 1 N–H and O–H groups in total. The van der Waals surface area contributed by atoms with Crippen LogP contribution in [0, 0.1) is 18.8 Å².